The van der Waals surface area contributed by atoms with Gasteiger partial charge in [-0.15, -0.1) is 0 Å². The van der Waals surface area contributed by atoms with E-state index in [1.165, 1.54) is 4.31 Å². The zero-order valence-corrected chi connectivity index (χ0v) is 22.3. The maximum atomic E-state index is 13.6. The predicted molar refractivity (Wildman–Crippen MR) is 141 cm³/mol. The Morgan fingerprint density at radius 3 is 2.65 bits per heavy atom. The van der Waals surface area contributed by atoms with E-state index in [9.17, 15) is 23.3 Å². The van der Waals surface area contributed by atoms with Gasteiger partial charge in [-0.25, -0.2) is 4.72 Å². The average Bonchev–Trinajstić information content (AvgIpc) is 3.41. The van der Waals surface area contributed by atoms with E-state index in [1.54, 1.807) is 0 Å². The summed E-state index contributed by atoms with van der Waals surface area (Å²) >= 11 is 0. The van der Waals surface area contributed by atoms with Crippen molar-refractivity contribution in [3.05, 3.63) is 36.0 Å². The minimum atomic E-state index is -3.48. The molecule has 11 heteroatoms. The molecule has 37 heavy (non-hydrogen) atoms. The molecule has 2 heterocycles. The maximum Gasteiger partial charge on any atom is 0.279 e. The first kappa shape index (κ1) is 27.1. The molecule has 1 aliphatic carbocycles. The van der Waals surface area contributed by atoms with E-state index in [4.69, 9.17) is 0 Å². The lowest BCUT2D eigenvalue weighted by atomic mass is 9.83. The number of rotatable bonds is 9. The highest BCUT2D eigenvalue weighted by molar-refractivity contribution is 7.87. The van der Waals surface area contributed by atoms with E-state index in [0.29, 0.717) is 44.6 Å². The fraction of sp³-hybridized carbons (Fsp3) is 0.577. The molecule has 10 nitrogen and oxygen atoms in total. The molecule has 0 spiro atoms. The Kier molecular flexibility index (Phi) is 8.52. The Balaban J connectivity index is 1.52. The van der Waals surface area contributed by atoms with Gasteiger partial charge in [0.1, 0.15) is 11.7 Å². The standard InChI is InChI=1S/C26H36N6O4S/c1-18(2)15-20(17-27)29-25(33)21-8-4-5-9-22(21)30-26(34)24-16-19-7-3-6-10-23(19)32(24)14-13-31-12-11-28-37(31,35)36/h3,6-7,10,16,18,20-22,28H,4-5,8-9,11-15H2,1-2H3,(H,29,33)(H,30,34). The van der Waals surface area contributed by atoms with E-state index >= 15 is 0 Å². The van der Waals surface area contributed by atoms with Crippen LogP contribution in [0.3, 0.4) is 0 Å². The van der Waals surface area contributed by atoms with Gasteiger partial charge in [0.05, 0.1) is 12.0 Å². The molecule has 1 aromatic heterocycles. The van der Waals surface area contributed by atoms with Gasteiger partial charge in [-0.3, -0.25) is 9.59 Å². The lowest BCUT2D eigenvalue weighted by Gasteiger charge is -2.32. The van der Waals surface area contributed by atoms with Crippen molar-refractivity contribution < 1.29 is 18.0 Å². The van der Waals surface area contributed by atoms with Crippen LogP contribution in [0.4, 0.5) is 0 Å². The first-order chi connectivity index (χ1) is 17.7. The molecule has 3 atom stereocenters. The largest absolute Gasteiger partial charge is 0.347 e. The topological polar surface area (TPSA) is 136 Å². The van der Waals surface area contributed by atoms with E-state index in [0.717, 1.165) is 23.7 Å². The Morgan fingerprint density at radius 1 is 1.19 bits per heavy atom. The number of nitrogens with zero attached hydrogens (tertiary/aromatic N) is 3. The number of benzene rings is 1. The summed E-state index contributed by atoms with van der Waals surface area (Å²) in [5.74, 6) is -0.605. The quantitative estimate of drug-likeness (QED) is 0.458. The Labute approximate surface area is 218 Å². The number of fused-ring (bicyclic) bond motifs is 1. The number of nitrogens with one attached hydrogen (secondary N) is 3. The number of hydrogen-bond donors (Lipinski definition) is 3. The number of para-hydroxylation sites is 1. The molecule has 3 unspecified atom stereocenters. The van der Waals surface area contributed by atoms with Gasteiger partial charge < -0.3 is 15.2 Å². The van der Waals surface area contributed by atoms with Gasteiger partial charge in [0.2, 0.25) is 5.91 Å². The molecule has 2 aliphatic rings. The fourth-order valence-electron chi connectivity index (χ4n) is 5.35. The van der Waals surface area contributed by atoms with Crippen molar-refractivity contribution in [1.82, 2.24) is 24.2 Å². The van der Waals surface area contributed by atoms with E-state index in [1.807, 2.05) is 48.7 Å². The van der Waals surface area contributed by atoms with Crippen molar-refractivity contribution in [2.24, 2.45) is 11.8 Å². The van der Waals surface area contributed by atoms with Crippen LogP contribution in [0.2, 0.25) is 0 Å². The first-order valence-electron chi connectivity index (χ1n) is 13.0. The Bertz CT molecular complexity index is 1280. The summed E-state index contributed by atoms with van der Waals surface area (Å²) in [6, 6.07) is 10.7. The summed E-state index contributed by atoms with van der Waals surface area (Å²) in [4.78, 5) is 26.7. The molecule has 2 fully saturated rings. The van der Waals surface area contributed by atoms with Crippen LogP contribution in [-0.2, 0) is 21.5 Å². The SMILES string of the molecule is CC(C)CC(C#N)NC(=O)C1CCCCC1NC(=O)c1cc2ccccc2n1CCN1CCNS1(=O)=O. The molecule has 0 bridgehead atoms. The normalized spacial score (nSPS) is 22.5. The fourth-order valence-corrected chi connectivity index (χ4v) is 6.53. The minimum absolute atomic E-state index is 0.190. The lowest BCUT2D eigenvalue weighted by molar-refractivity contribution is -0.127. The second-order valence-corrected chi connectivity index (χ2v) is 12.1. The van der Waals surface area contributed by atoms with Crippen LogP contribution in [0.25, 0.3) is 10.9 Å². The molecule has 4 rings (SSSR count). The van der Waals surface area contributed by atoms with Crippen LogP contribution < -0.4 is 15.4 Å². The number of amides is 2. The van der Waals surface area contributed by atoms with Gasteiger partial charge in [-0.2, -0.15) is 18.0 Å². The molecule has 3 N–H and O–H groups in total. The molecule has 1 aromatic carbocycles. The van der Waals surface area contributed by atoms with Gasteiger partial charge in [-0.1, -0.05) is 44.9 Å². The highest BCUT2D eigenvalue weighted by Crippen LogP contribution is 2.27. The third-order valence-corrected chi connectivity index (χ3v) is 8.81. The number of hydrogen-bond acceptors (Lipinski definition) is 5. The van der Waals surface area contributed by atoms with Crippen LogP contribution in [-0.4, -0.2) is 60.8 Å². The van der Waals surface area contributed by atoms with Gasteiger partial charge in [0.15, 0.2) is 0 Å². The smallest absolute Gasteiger partial charge is 0.279 e. The Hall–Kier alpha value is -2.94. The zero-order valence-electron chi connectivity index (χ0n) is 21.4. The van der Waals surface area contributed by atoms with Gasteiger partial charge in [0.25, 0.3) is 16.1 Å². The number of carbonyl (C=O) groups is 2. The molecule has 200 valence electrons. The minimum Gasteiger partial charge on any atom is -0.347 e. The highest BCUT2D eigenvalue weighted by Gasteiger charge is 2.34. The summed E-state index contributed by atoms with van der Waals surface area (Å²) < 4.78 is 30.1. The summed E-state index contributed by atoms with van der Waals surface area (Å²) in [6.45, 7) is 5.35. The summed E-state index contributed by atoms with van der Waals surface area (Å²) in [6.07, 6.45) is 3.71. The van der Waals surface area contributed by atoms with Gasteiger partial charge in [0, 0.05) is 43.1 Å². The van der Waals surface area contributed by atoms with E-state index < -0.39 is 22.2 Å². The number of nitriles is 1. The number of aromatic nitrogens is 1. The molecule has 1 aliphatic heterocycles. The predicted octanol–water partition coefficient (Wildman–Crippen LogP) is 2.13. The van der Waals surface area contributed by atoms with Gasteiger partial charge >= 0.3 is 0 Å². The van der Waals surface area contributed by atoms with Crippen molar-refractivity contribution >= 4 is 32.9 Å². The first-order valence-corrected chi connectivity index (χ1v) is 14.5. The molecule has 1 saturated carbocycles. The second kappa shape index (κ2) is 11.6. The zero-order chi connectivity index (χ0) is 26.6. The van der Waals surface area contributed by atoms with E-state index in [-0.39, 0.29) is 30.3 Å². The third kappa shape index (κ3) is 6.32. The molecule has 1 saturated heterocycles. The van der Waals surface area contributed by atoms with Crippen molar-refractivity contribution in [3.8, 4) is 6.07 Å². The second-order valence-electron chi connectivity index (χ2n) is 10.3. The summed E-state index contributed by atoms with van der Waals surface area (Å²) in [5, 5.41) is 16.3. The van der Waals surface area contributed by atoms with Crippen molar-refractivity contribution in [3.63, 3.8) is 0 Å². The molecule has 2 amide bonds. The highest BCUT2D eigenvalue weighted by atomic mass is 32.2. The van der Waals surface area contributed by atoms with Crippen molar-refractivity contribution in [1.29, 1.82) is 5.26 Å². The monoisotopic (exact) mass is 528 g/mol. The molecular weight excluding hydrogens is 492 g/mol. The number of carbonyl (C=O) groups excluding carboxylic acids is 2. The van der Waals surface area contributed by atoms with Crippen LogP contribution in [0.15, 0.2) is 30.3 Å². The van der Waals surface area contributed by atoms with Crippen molar-refractivity contribution in [2.75, 3.05) is 19.6 Å². The van der Waals surface area contributed by atoms with Crippen LogP contribution in [0.5, 0.6) is 0 Å². The molecule has 0 radical (unpaired) electrons. The molecule has 2 aromatic rings. The van der Waals surface area contributed by atoms with Crippen LogP contribution >= 0.6 is 0 Å². The third-order valence-electron chi connectivity index (χ3n) is 7.20. The molecular formula is C26H36N6O4S. The van der Waals surface area contributed by atoms with E-state index in [2.05, 4.69) is 21.4 Å². The summed E-state index contributed by atoms with van der Waals surface area (Å²) in [5.41, 5.74) is 1.28. The van der Waals surface area contributed by atoms with Gasteiger partial charge in [-0.05, 0) is 37.3 Å². The summed E-state index contributed by atoms with van der Waals surface area (Å²) in [7, 11) is -3.48. The van der Waals surface area contributed by atoms with Crippen molar-refractivity contribution in [2.45, 2.75) is 64.6 Å². The van der Waals surface area contributed by atoms with Crippen LogP contribution in [0.1, 0.15) is 56.4 Å². The Morgan fingerprint density at radius 2 is 1.95 bits per heavy atom. The van der Waals surface area contributed by atoms with Crippen LogP contribution in [0, 0.1) is 23.2 Å². The lowest BCUT2D eigenvalue weighted by Crippen LogP contribution is -2.50. The maximum absolute atomic E-state index is 13.6. The average molecular weight is 529 g/mol.